The number of likely N-dealkylation sites (tertiary alicyclic amines) is 1. The van der Waals surface area contributed by atoms with E-state index in [0.717, 1.165) is 0 Å². The van der Waals surface area contributed by atoms with Gasteiger partial charge in [-0.25, -0.2) is 0 Å². The molecule has 0 N–H and O–H groups in total. The third kappa shape index (κ3) is 2.92. The van der Waals surface area contributed by atoms with Crippen LogP contribution in [0.5, 0.6) is 0 Å². The molecule has 0 unspecified atom stereocenters. The van der Waals surface area contributed by atoms with Crippen LogP contribution in [0.15, 0.2) is 24.5 Å². The largest absolute Gasteiger partial charge is 0.469 e. The van der Waals surface area contributed by atoms with Crippen molar-refractivity contribution in [3.05, 3.63) is 30.1 Å². The first-order chi connectivity index (χ1) is 9.13. The Bertz CT molecular complexity index is 461. The van der Waals surface area contributed by atoms with E-state index in [9.17, 15) is 9.59 Å². The lowest BCUT2D eigenvalue weighted by molar-refractivity contribution is -0.148. The molecule has 1 amide bonds. The van der Waals surface area contributed by atoms with Crippen LogP contribution in [0.25, 0.3) is 0 Å². The number of ether oxygens (including phenoxy) is 1. The summed E-state index contributed by atoms with van der Waals surface area (Å²) in [5.41, 5.74) is 0.638. The zero-order chi connectivity index (χ0) is 13.8. The topological polar surface area (TPSA) is 59.5 Å². The van der Waals surface area contributed by atoms with E-state index in [2.05, 4.69) is 4.98 Å². The summed E-state index contributed by atoms with van der Waals surface area (Å²) in [4.78, 5) is 29.6. The van der Waals surface area contributed by atoms with Crippen molar-refractivity contribution >= 4 is 11.9 Å². The van der Waals surface area contributed by atoms with Crippen LogP contribution in [-0.2, 0) is 9.53 Å². The number of methoxy groups -OCH3 is 1. The maximum atomic E-state index is 12.3. The first kappa shape index (κ1) is 13.5. The molecule has 1 aliphatic rings. The summed E-state index contributed by atoms with van der Waals surface area (Å²) < 4.78 is 4.79. The molecule has 19 heavy (non-hydrogen) atoms. The number of carbonyl (C=O) groups excluding carboxylic acids is 2. The standard InChI is InChI=1S/C14H18N2O3/c1-10-9-16(8-5-12(10)14(18)19-2)13(17)11-3-6-15-7-4-11/h3-4,6-7,10,12H,5,8-9H2,1-2H3/t10-,12-/m0/s1. The van der Waals surface area contributed by atoms with Crippen LogP contribution in [0.1, 0.15) is 23.7 Å². The number of nitrogens with zero attached hydrogens (tertiary/aromatic N) is 2. The molecule has 0 aromatic carbocycles. The van der Waals surface area contributed by atoms with Crippen LogP contribution in [0.3, 0.4) is 0 Å². The molecule has 1 aliphatic heterocycles. The van der Waals surface area contributed by atoms with Gasteiger partial charge in [-0.2, -0.15) is 0 Å². The van der Waals surface area contributed by atoms with Crippen LogP contribution < -0.4 is 0 Å². The number of piperidine rings is 1. The molecule has 1 aromatic rings. The number of hydrogen-bond acceptors (Lipinski definition) is 4. The molecule has 1 fully saturated rings. The first-order valence-electron chi connectivity index (χ1n) is 6.40. The van der Waals surface area contributed by atoms with Crippen molar-refractivity contribution in [3.8, 4) is 0 Å². The summed E-state index contributed by atoms with van der Waals surface area (Å²) in [6.45, 7) is 3.15. The molecule has 0 saturated carbocycles. The van der Waals surface area contributed by atoms with Gasteiger partial charge in [0.2, 0.25) is 0 Å². The summed E-state index contributed by atoms with van der Waals surface area (Å²) in [5, 5.41) is 0. The zero-order valence-electron chi connectivity index (χ0n) is 11.2. The fourth-order valence-electron chi connectivity index (χ4n) is 2.51. The van der Waals surface area contributed by atoms with Gasteiger partial charge >= 0.3 is 5.97 Å². The molecule has 1 aromatic heterocycles. The molecule has 5 nitrogen and oxygen atoms in total. The van der Waals surface area contributed by atoms with Crippen molar-refractivity contribution in [2.45, 2.75) is 13.3 Å². The van der Waals surface area contributed by atoms with Crippen LogP contribution >= 0.6 is 0 Å². The highest BCUT2D eigenvalue weighted by atomic mass is 16.5. The maximum Gasteiger partial charge on any atom is 0.309 e. The Morgan fingerprint density at radius 3 is 2.63 bits per heavy atom. The van der Waals surface area contributed by atoms with Crippen molar-refractivity contribution in [1.82, 2.24) is 9.88 Å². The molecule has 2 atom stereocenters. The summed E-state index contributed by atoms with van der Waals surface area (Å²) in [6.07, 6.45) is 3.88. The number of rotatable bonds is 2. The molecule has 0 bridgehead atoms. The van der Waals surface area contributed by atoms with Gasteiger partial charge in [0, 0.05) is 31.0 Å². The van der Waals surface area contributed by atoms with E-state index in [-0.39, 0.29) is 23.7 Å². The zero-order valence-corrected chi connectivity index (χ0v) is 11.2. The normalized spacial score (nSPS) is 22.9. The Hall–Kier alpha value is -1.91. The summed E-state index contributed by atoms with van der Waals surface area (Å²) >= 11 is 0. The van der Waals surface area contributed by atoms with Gasteiger partial charge in [-0.05, 0) is 24.5 Å². The van der Waals surface area contributed by atoms with E-state index in [1.165, 1.54) is 7.11 Å². The van der Waals surface area contributed by atoms with E-state index in [1.54, 1.807) is 29.4 Å². The molecule has 0 spiro atoms. The van der Waals surface area contributed by atoms with Gasteiger partial charge in [0.1, 0.15) is 0 Å². The van der Waals surface area contributed by atoms with Gasteiger partial charge in [0.15, 0.2) is 0 Å². The number of pyridine rings is 1. The maximum absolute atomic E-state index is 12.3. The number of amides is 1. The van der Waals surface area contributed by atoms with Gasteiger partial charge in [0.05, 0.1) is 13.0 Å². The number of esters is 1. The van der Waals surface area contributed by atoms with E-state index >= 15 is 0 Å². The van der Waals surface area contributed by atoms with E-state index < -0.39 is 0 Å². The van der Waals surface area contributed by atoms with Crippen molar-refractivity contribution in [2.24, 2.45) is 11.8 Å². The van der Waals surface area contributed by atoms with Gasteiger partial charge in [-0.1, -0.05) is 6.92 Å². The van der Waals surface area contributed by atoms with E-state index in [4.69, 9.17) is 4.74 Å². The molecule has 102 valence electrons. The average Bonchev–Trinajstić information content (AvgIpc) is 2.46. The van der Waals surface area contributed by atoms with Crippen LogP contribution in [0, 0.1) is 11.8 Å². The van der Waals surface area contributed by atoms with Crippen LogP contribution in [0.4, 0.5) is 0 Å². The first-order valence-corrected chi connectivity index (χ1v) is 6.40. The minimum atomic E-state index is -0.177. The van der Waals surface area contributed by atoms with Crippen LogP contribution in [0.2, 0.25) is 0 Å². The highest BCUT2D eigenvalue weighted by Gasteiger charge is 2.33. The average molecular weight is 262 g/mol. The Morgan fingerprint density at radius 1 is 1.37 bits per heavy atom. The van der Waals surface area contributed by atoms with Gasteiger partial charge < -0.3 is 9.64 Å². The fourth-order valence-corrected chi connectivity index (χ4v) is 2.51. The predicted octanol–water partition coefficient (Wildman–Crippen LogP) is 1.35. The lowest BCUT2D eigenvalue weighted by atomic mass is 9.86. The fraction of sp³-hybridized carbons (Fsp3) is 0.500. The summed E-state index contributed by atoms with van der Waals surface area (Å²) in [5.74, 6) is -0.167. The molecule has 0 radical (unpaired) electrons. The molecule has 1 saturated heterocycles. The number of carbonyl (C=O) groups is 2. The second-order valence-corrected chi connectivity index (χ2v) is 4.88. The smallest absolute Gasteiger partial charge is 0.309 e. The second kappa shape index (κ2) is 5.82. The Morgan fingerprint density at radius 2 is 2.05 bits per heavy atom. The Balaban J connectivity index is 2.02. The monoisotopic (exact) mass is 262 g/mol. The van der Waals surface area contributed by atoms with E-state index in [1.807, 2.05) is 6.92 Å². The quantitative estimate of drug-likeness (QED) is 0.755. The molecule has 5 heteroatoms. The Kier molecular flexibility index (Phi) is 4.14. The third-order valence-corrected chi connectivity index (χ3v) is 3.62. The molecular weight excluding hydrogens is 244 g/mol. The van der Waals surface area contributed by atoms with Crippen molar-refractivity contribution < 1.29 is 14.3 Å². The molecule has 2 heterocycles. The molecular formula is C14H18N2O3. The van der Waals surface area contributed by atoms with E-state index in [0.29, 0.717) is 25.1 Å². The van der Waals surface area contributed by atoms with Gasteiger partial charge in [0.25, 0.3) is 5.91 Å². The van der Waals surface area contributed by atoms with Gasteiger partial charge in [-0.3, -0.25) is 14.6 Å². The number of hydrogen-bond donors (Lipinski definition) is 0. The molecule has 0 aliphatic carbocycles. The van der Waals surface area contributed by atoms with Crippen LogP contribution in [-0.4, -0.2) is 42.0 Å². The lowest BCUT2D eigenvalue weighted by Crippen LogP contribution is -2.45. The number of aromatic nitrogens is 1. The van der Waals surface area contributed by atoms with Crippen molar-refractivity contribution in [2.75, 3.05) is 20.2 Å². The highest BCUT2D eigenvalue weighted by molar-refractivity contribution is 5.94. The highest BCUT2D eigenvalue weighted by Crippen LogP contribution is 2.25. The lowest BCUT2D eigenvalue weighted by Gasteiger charge is -2.35. The second-order valence-electron chi connectivity index (χ2n) is 4.88. The summed E-state index contributed by atoms with van der Waals surface area (Å²) in [6, 6.07) is 3.42. The van der Waals surface area contributed by atoms with Gasteiger partial charge in [-0.15, -0.1) is 0 Å². The minimum Gasteiger partial charge on any atom is -0.469 e. The predicted molar refractivity (Wildman–Crippen MR) is 69.4 cm³/mol. The minimum absolute atomic E-state index is 0.00225. The van der Waals surface area contributed by atoms with Crippen molar-refractivity contribution in [1.29, 1.82) is 0 Å². The summed E-state index contributed by atoms with van der Waals surface area (Å²) in [7, 11) is 1.41. The van der Waals surface area contributed by atoms with Crippen molar-refractivity contribution in [3.63, 3.8) is 0 Å². The SMILES string of the molecule is COC(=O)[C@H]1CCN(C(=O)c2ccncc2)C[C@@H]1C. The molecule has 2 rings (SSSR count). The Labute approximate surface area is 112 Å². The third-order valence-electron chi connectivity index (χ3n) is 3.62.